The predicted molar refractivity (Wildman–Crippen MR) is 154 cm³/mol. The van der Waals surface area contributed by atoms with E-state index in [1.54, 1.807) is 15.7 Å². The fraction of sp³-hybridized carbons (Fsp3) is 0.586. The molecule has 0 spiro atoms. The van der Waals surface area contributed by atoms with Crippen LogP contribution in [-0.4, -0.2) is 68.0 Å². The summed E-state index contributed by atoms with van der Waals surface area (Å²) in [5, 5.41) is 3.49. The van der Waals surface area contributed by atoms with E-state index in [4.69, 9.17) is 15.0 Å². The standard InChI is InChI=1S/C29H40N8O2/c1-7-19-14-15-36(27(19)38)24-13-12-22(18(4)31-24)25-28(39)37(17(2)3)26-23(33-25)16-30-29(34-26)32-20-8-10-21(11-9-20)35(5)6/h12-13,16-17,19-21H,7-11,14-15H2,1-6H3,(H,30,32,34). The van der Waals surface area contributed by atoms with Crippen LogP contribution in [0.1, 0.15) is 71.0 Å². The van der Waals surface area contributed by atoms with Crippen molar-refractivity contribution in [3.05, 3.63) is 34.4 Å². The van der Waals surface area contributed by atoms with Crippen LogP contribution in [0.3, 0.4) is 0 Å². The minimum absolute atomic E-state index is 0.0552. The van der Waals surface area contributed by atoms with Crippen molar-refractivity contribution in [1.29, 1.82) is 0 Å². The Morgan fingerprint density at radius 2 is 1.79 bits per heavy atom. The van der Waals surface area contributed by atoms with Gasteiger partial charge in [0.1, 0.15) is 17.0 Å². The van der Waals surface area contributed by atoms with Gasteiger partial charge in [-0.1, -0.05) is 6.92 Å². The molecule has 2 fully saturated rings. The molecule has 0 radical (unpaired) electrons. The maximum absolute atomic E-state index is 13.8. The van der Waals surface area contributed by atoms with Gasteiger partial charge in [0.25, 0.3) is 5.56 Å². The zero-order valence-corrected chi connectivity index (χ0v) is 23.9. The highest BCUT2D eigenvalue weighted by atomic mass is 16.2. The Morgan fingerprint density at radius 3 is 2.41 bits per heavy atom. The third-order valence-corrected chi connectivity index (χ3v) is 8.32. The molecule has 0 aromatic carbocycles. The maximum atomic E-state index is 13.8. The van der Waals surface area contributed by atoms with E-state index in [9.17, 15) is 9.59 Å². The molecule has 1 saturated heterocycles. The van der Waals surface area contributed by atoms with Crippen LogP contribution in [0.15, 0.2) is 23.1 Å². The van der Waals surface area contributed by atoms with Gasteiger partial charge in [-0.05, 0) is 85.5 Å². The first-order valence-corrected chi connectivity index (χ1v) is 14.2. The van der Waals surface area contributed by atoms with Gasteiger partial charge in [0, 0.05) is 41.8 Å². The molecule has 208 valence electrons. The van der Waals surface area contributed by atoms with Crippen LogP contribution in [-0.2, 0) is 4.79 Å². The fourth-order valence-electron chi connectivity index (χ4n) is 5.94. The molecule has 1 saturated carbocycles. The summed E-state index contributed by atoms with van der Waals surface area (Å²) < 4.78 is 1.69. The highest BCUT2D eigenvalue weighted by Crippen LogP contribution is 2.29. The molecule has 39 heavy (non-hydrogen) atoms. The van der Waals surface area contributed by atoms with Gasteiger partial charge in [-0.15, -0.1) is 0 Å². The van der Waals surface area contributed by atoms with Crippen LogP contribution in [0.5, 0.6) is 0 Å². The van der Waals surface area contributed by atoms with Gasteiger partial charge in [0.2, 0.25) is 11.9 Å². The first-order valence-electron chi connectivity index (χ1n) is 14.2. The Labute approximate surface area is 229 Å². The monoisotopic (exact) mass is 532 g/mol. The molecule has 10 heteroatoms. The molecule has 5 rings (SSSR count). The van der Waals surface area contributed by atoms with Gasteiger partial charge >= 0.3 is 0 Å². The molecule has 0 bridgehead atoms. The van der Waals surface area contributed by atoms with Crippen LogP contribution in [0, 0.1) is 12.8 Å². The third kappa shape index (κ3) is 5.26. The zero-order chi connectivity index (χ0) is 27.8. The largest absolute Gasteiger partial charge is 0.351 e. The number of aryl methyl sites for hydroxylation is 1. The van der Waals surface area contributed by atoms with Crippen molar-refractivity contribution in [1.82, 2.24) is 29.4 Å². The van der Waals surface area contributed by atoms with E-state index >= 15 is 0 Å². The number of rotatable bonds is 7. The zero-order valence-electron chi connectivity index (χ0n) is 23.9. The quantitative estimate of drug-likeness (QED) is 0.483. The topological polar surface area (TPSA) is 109 Å². The van der Waals surface area contributed by atoms with Gasteiger partial charge < -0.3 is 10.2 Å². The van der Waals surface area contributed by atoms with Crippen molar-refractivity contribution < 1.29 is 4.79 Å². The molecule has 1 aliphatic carbocycles. The molecular formula is C29H40N8O2. The Kier molecular flexibility index (Phi) is 7.66. The average Bonchev–Trinajstić information content (AvgIpc) is 3.28. The summed E-state index contributed by atoms with van der Waals surface area (Å²) >= 11 is 0. The second-order valence-electron chi connectivity index (χ2n) is 11.4. The number of amides is 1. The van der Waals surface area contributed by atoms with Crippen LogP contribution in [0.2, 0.25) is 0 Å². The van der Waals surface area contributed by atoms with Gasteiger partial charge in [-0.25, -0.2) is 15.0 Å². The molecule has 3 aromatic heterocycles. The molecule has 1 N–H and O–H groups in total. The number of hydrogen-bond donors (Lipinski definition) is 1. The normalized spacial score (nSPS) is 21.9. The van der Waals surface area contributed by atoms with Gasteiger partial charge in [0.05, 0.1) is 6.20 Å². The first-order chi connectivity index (χ1) is 18.7. The molecule has 1 amide bonds. The Morgan fingerprint density at radius 1 is 1.05 bits per heavy atom. The number of nitrogens with zero attached hydrogens (tertiary/aromatic N) is 7. The summed E-state index contributed by atoms with van der Waals surface area (Å²) in [5.74, 6) is 1.33. The van der Waals surface area contributed by atoms with Crippen molar-refractivity contribution in [2.24, 2.45) is 5.92 Å². The molecule has 4 heterocycles. The molecular weight excluding hydrogens is 492 g/mol. The number of aromatic nitrogens is 5. The summed E-state index contributed by atoms with van der Waals surface area (Å²) in [4.78, 5) is 49.3. The van der Waals surface area contributed by atoms with Crippen LogP contribution in [0.25, 0.3) is 22.4 Å². The highest BCUT2D eigenvalue weighted by Gasteiger charge is 2.32. The van der Waals surface area contributed by atoms with E-state index in [-0.39, 0.29) is 23.4 Å². The number of carbonyl (C=O) groups is 1. The minimum Gasteiger partial charge on any atom is -0.351 e. The Bertz CT molecular complexity index is 1420. The van der Waals surface area contributed by atoms with Crippen molar-refractivity contribution in [2.45, 2.75) is 84.3 Å². The number of hydrogen-bond acceptors (Lipinski definition) is 8. The number of fused-ring (bicyclic) bond motifs is 1. The van der Waals surface area contributed by atoms with Crippen LogP contribution < -0.4 is 15.8 Å². The third-order valence-electron chi connectivity index (χ3n) is 8.32. The van der Waals surface area contributed by atoms with Gasteiger partial charge in [-0.3, -0.25) is 19.1 Å². The molecule has 1 unspecified atom stereocenters. The minimum atomic E-state index is -0.213. The van der Waals surface area contributed by atoms with E-state index in [2.05, 4.69) is 29.3 Å². The van der Waals surface area contributed by atoms with Gasteiger partial charge in [-0.2, -0.15) is 4.98 Å². The van der Waals surface area contributed by atoms with Gasteiger partial charge in [0.15, 0.2) is 5.65 Å². The van der Waals surface area contributed by atoms with Crippen LogP contribution in [0.4, 0.5) is 11.8 Å². The number of anilines is 2. The summed E-state index contributed by atoms with van der Waals surface area (Å²) in [6.45, 7) is 8.51. The van der Waals surface area contributed by atoms with E-state index < -0.39 is 0 Å². The van der Waals surface area contributed by atoms with E-state index in [0.29, 0.717) is 58.5 Å². The van der Waals surface area contributed by atoms with E-state index in [0.717, 1.165) is 38.5 Å². The van der Waals surface area contributed by atoms with Crippen molar-refractivity contribution >= 4 is 28.8 Å². The molecule has 2 aliphatic rings. The van der Waals surface area contributed by atoms with E-state index in [1.165, 1.54) is 0 Å². The van der Waals surface area contributed by atoms with Crippen LogP contribution >= 0.6 is 0 Å². The van der Waals surface area contributed by atoms with Crippen molar-refractivity contribution in [2.75, 3.05) is 30.9 Å². The summed E-state index contributed by atoms with van der Waals surface area (Å²) in [7, 11) is 4.28. The summed E-state index contributed by atoms with van der Waals surface area (Å²) in [6, 6.07) is 4.47. The second-order valence-corrected chi connectivity index (χ2v) is 11.4. The number of nitrogens with one attached hydrogen (secondary N) is 1. The lowest BCUT2D eigenvalue weighted by Crippen LogP contribution is -2.36. The fourth-order valence-corrected chi connectivity index (χ4v) is 5.94. The lowest BCUT2D eigenvalue weighted by molar-refractivity contribution is -0.120. The molecule has 1 aliphatic heterocycles. The summed E-state index contributed by atoms with van der Waals surface area (Å²) in [5.41, 5.74) is 2.50. The first kappa shape index (κ1) is 27.2. The SMILES string of the molecule is CCC1CCN(c2ccc(-c3nc4cnc(NC5CCC(N(C)C)CC5)nc4n(C(C)C)c3=O)c(C)n2)C1=O. The predicted octanol–water partition coefficient (Wildman–Crippen LogP) is 4.19. The lowest BCUT2D eigenvalue weighted by Gasteiger charge is -2.32. The number of carbonyl (C=O) groups excluding carboxylic acids is 1. The molecule has 10 nitrogen and oxygen atoms in total. The maximum Gasteiger partial charge on any atom is 0.279 e. The smallest absolute Gasteiger partial charge is 0.279 e. The van der Waals surface area contributed by atoms with E-state index in [1.807, 2.05) is 39.8 Å². The summed E-state index contributed by atoms with van der Waals surface area (Å²) in [6.07, 6.45) is 7.76. The highest BCUT2D eigenvalue weighted by molar-refractivity contribution is 5.96. The Hall–Kier alpha value is -3.40. The molecule has 1 atom stereocenters. The number of pyridine rings is 1. The molecule has 3 aromatic rings. The lowest BCUT2D eigenvalue weighted by atomic mass is 9.91. The average molecular weight is 533 g/mol. The second kappa shape index (κ2) is 11.0. The van der Waals surface area contributed by atoms with Crippen molar-refractivity contribution in [3.63, 3.8) is 0 Å². The van der Waals surface area contributed by atoms with Crippen molar-refractivity contribution in [3.8, 4) is 11.3 Å². The Balaban J connectivity index is 1.46.